The molecule has 0 fully saturated rings. The zero-order chi connectivity index (χ0) is 24.1. The lowest BCUT2D eigenvalue weighted by atomic mass is 10.2. The Morgan fingerprint density at radius 2 is 1.48 bits per heavy atom. The summed E-state index contributed by atoms with van der Waals surface area (Å²) in [5, 5.41) is 1.94. The molecular formula is C24H31N3O5Si. The average Bonchev–Trinajstić information content (AvgIpc) is 3.23. The molecule has 2 atom stereocenters. The summed E-state index contributed by atoms with van der Waals surface area (Å²) >= 11 is 0. The number of hydrazine groups is 1. The van der Waals surface area contributed by atoms with E-state index in [0.717, 1.165) is 10.4 Å². The molecule has 3 rings (SSSR count). The summed E-state index contributed by atoms with van der Waals surface area (Å²) in [6.45, 7) is 6.51. The Hall–Kier alpha value is -3.17. The molecule has 2 aromatic rings. The molecule has 1 aliphatic rings. The number of carbonyl (C=O) groups is 2. The Bertz CT molecular complexity index is 953. The Morgan fingerprint density at radius 1 is 0.939 bits per heavy atom. The Kier molecular flexibility index (Phi) is 7.55. The van der Waals surface area contributed by atoms with E-state index in [-0.39, 0.29) is 5.04 Å². The number of amides is 1. The number of hydrogen-bond donors (Lipinski definition) is 2. The molecule has 176 valence electrons. The standard InChI is InChI=1S/C24H31N3O5Si/c1-24(2,3)33(17-12-8-6-9-13-17,18-14-10-7-11-15-18)32-20-16-19(22(28)30-4)25-21(20)26-27-23(29)31-5/h6-15,19-20H,16H2,1-5H3,(H,25,26)(H,27,29)/t19-,20+/m0/s1. The Morgan fingerprint density at radius 3 is 1.94 bits per heavy atom. The van der Waals surface area contributed by atoms with Crippen LogP contribution in [0.15, 0.2) is 65.7 Å². The van der Waals surface area contributed by atoms with Crippen molar-refractivity contribution in [2.24, 2.45) is 4.99 Å². The maximum absolute atomic E-state index is 12.3. The van der Waals surface area contributed by atoms with Gasteiger partial charge in [0.15, 0.2) is 6.04 Å². The molecule has 0 unspecified atom stereocenters. The van der Waals surface area contributed by atoms with E-state index >= 15 is 0 Å². The summed E-state index contributed by atoms with van der Waals surface area (Å²) in [6, 6.07) is 19.6. The number of nitrogens with zero attached hydrogens (tertiary/aromatic N) is 1. The molecule has 1 aliphatic heterocycles. The third-order valence-electron chi connectivity index (χ3n) is 5.72. The zero-order valence-electron chi connectivity index (χ0n) is 19.6. The van der Waals surface area contributed by atoms with Crippen LogP contribution in [0.5, 0.6) is 0 Å². The minimum Gasteiger partial charge on any atom is -0.467 e. The van der Waals surface area contributed by atoms with Crippen molar-refractivity contribution < 1.29 is 23.5 Å². The fourth-order valence-electron chi connectivity index (χ4n) is 4.19. The molecular weight excluding hydrogens is 438 g/mol. The molecule has 0 aliphatic carbocycles. The third kappa shape index (κ3) is 5.09. The quantitative estimate of drug-likeness (QED) is 0.396. The van der Waals surface area contributed by atoms with Crippen LogP contribution < -0.4 is 21.2 Å². The Balaban J connectivity index is 2.08. The molecule has 0 aromatic heterocycles. The minimum absolute atomic E-state index is 0.264. The van der Waals surface area contributed by atoms with Crippen molar-refractivity contribution >= 4 is 36.6 Å². The molecule has 0 saturated heterocycles. The van der Waals surface area contributed by atoms with Gasteiger partial charge in [0.25, 0.3) is 8.32 Å². The summed E-state index contributed by atoms with van der Waals surface area (Å²) in [5.74, 6) is -0.107. The van der Waals surface area contributed by atoms with Crippen LogP contribution in [0.2, 0.25) is 5.04 Å². The van der Waals surface area contributed by atoms with Crippen LogP contribution in [-0.4, -0.2) is 52.6 Å². The lowest BCUT2D eigenvalue weighted by Gasteiger charge is -2.44. The molecule has 1 heterocycles. The van der Waals surface area contributed by atoms with Crippen LogP contribution in [0, 0.1) is 0 Å². The van der Waals surface area contributed by atoms with Crippen LogP contribution >= 0.6 is 0 Å². The first-order chi connectivity index (χ1) is 15.7. The van der Waals surface area contributed by atoms with Gasteiger partial charge < -0.3 is 13.9 Å². The number of benzene rings is 2. The van der Waals surface area contributed by atoms with Gasteiger partial charge in [0, 0.05) is 6.42 Å². The predicted octanol–water partition coefficient (Wildman–Crippen LogP) is 2.14. The number of esters is 1. The molecule has 33 heavy (non-hydrogen) atoms. The third-order valence-corrected chi connectivity index (χ3v) is 10.8. The number of hydrogen-bond acceptors (Lipinski definition) is 7. The summed E-state index contributed by atoms with van der Waals surface area (Å²) in [5.41, 5.74) is 5.21. The first-order valence-corrected chi connectivity index (χ1v) is 12.7. The maximum Gasteiger partial charge on any atom is 0.425 e. The number of nitrogens with one attached hydrogen (secondary N) is 2. The van der Waals surface area contributed by atoms with E-state index in [1.807, 2.05) is 36.4 Å². The monoisotopic (exact) mass is 469 g/mol. The topological polar surface area (TPSA) is 98.2 Å². The summed E-state index contributed by atoms with van der Waals surface area (Å²) < 4.78 is 16.6. The summed E-state index contributed by atoms with van der Waals surface area (Å²) in [4.78, 5) is 28.4. The van der Waals surface area contributed by atoms with E-state index in [1.54, 1.807) is 0 Å². The van der Waals surface area contributed by atoms with Crippen molar-refractivity contribution in [3.05, 3.63) is 60.7 Å². The van der Waals surface area contributed by atoms with Crippen LogP contribution in [-0.2, 0) is 18.7 Å². The van der Waals surface area contributed by atoms with Crippen molar-refractivity contribution in [3.8, 4) is 0 Å². The zero-order valence-corrected chi connectivity index (χ0v) is 20.6. The molecule has 9 heteroatoms. The molecule has 1 amide bonds. The van der Waals surface area contributed by atoms with Crippen molar-refractivity contribution in [1.29, 1.82) is 0 Å². The highest BCUT2D eigenvalue weighted by molar-refractivity contribution is 6.99. The van der Waals surface area contributed by atoms with Crippen molar-refractivity contribution in [2.45, 2.75) is 44.4 Å². The van der Waals surface area contributed by atoms with Gasteiger partial charge in [-0.1, -0.05) is 81.4 Å². The van der Waals surface area contributed by atoms with Gasteiger partial charge in [0.2, 0.25) is 0 Å². The number of aliphatic imine (C=N–C) groups is 1. The number of amidine groups is 1. The molecule has 0 saturated carbocycles. The van der Waals surface area contributed by atoms with Crippen molar-refractivity contribution in [3.63, 3.8) is 0 Å². The largest absolute Gasteiger partial charge is 0.467 e. The lowest BCUT2D eigenvalue weighted by Crippen LogP contribution is -2.68. The molecule has 2 aromatic carbocycles. The highest BCUT2D eigenvalue weighted by Gasteiger charge is 2.53. The molecule has 0 bridgehead atoms. The van der Waals surface area contributed by atoms with E-state index in [4.69, 9.17) is 9.16 Å². The van der Waals surface area contributed by atoms with Gasteiger partial charge in [0.05, 0.1) is 14.2 Å². The second-order valence-electron chi connectivity index (χ2n) is 8.80. The van der Waals surface area contributed by atoms with Gasteiger partial charge in [0.1, 0.15) is 11.9 Å². The van der Waals surface area contributed by atoms with E-state index in [1.165, 1.54) is 14.2 Å². The van der Waals surface area contributed by atoms with Crippen LogP contribution in [0.4, 0.5) is 4.79 Å². The minimum atomic E-state index is -2.91. The lowest BCUT2D eigenvalue weighted by molar-refractivity contribution is -0.142. The van der Waals surface area contributed by atoms with Gasteiger partial charge in [-0.3, -0.25) is 10.4 Å². The molecule has 2 N–H and O–H groups in total. The first-order valence-electron chi connectivity index (χ1n) is 10.8. The smallest absolute Gasteiger partial charge is 0.425 e. The van der Waals surface area contributed by atoms with E-state index in [0.29, 0.717) is 12.3 Å². The fourth-order valence-corrected chi connectivity index (χ4v) is 8.84. The van der Waals surface area contributed by atoms with Crippen LogP contribution in [0.3, 0.4) is 0 Å². The number of rotatable bonds is 5. The highest BCUT2D eigenvalue weighted by atomic mass is 28.4. The molecule has 0 spiro atoms. The average molecular weight is 470 g/mol. The Labute approximate surface area is 195 Å². The van der Waals surface area contributed by atoms with Gasteiger partial charge >= 0.3 is 12.1 Å². The second kappa shape index (κ2) is 10.2. The number of methoxy groups -OCH3 is 2. The predicted molar refractivity (Wildman–Crippen MR) is 129 cm³/mol. The van der Waals surface area contributed by atoms with Crippen LogP contribution in [0.1, 0.15) is 27.2 Å². The van der Waals surface area contributed by atoms with Gasteiger partial charge in [-0.05, 0) is 15.4 Å². The SMILES string of the molecule is COC(=O)NNC1=N[C@H](C(=O)OC)C[C@H]1O[Si](c1ccccc1)(c1ccccc1)C(C)(C)C. The van der Waals surface area contributed by atoms with Gasteiger partial charge in [-0.2, -0.15) is 0 Å². The van der Waals surface area contributed by atoms with E-state index in [2.05, 4.69) is 65.6 Å². The number of ether oxygens (including phenoxy) is 2. The van der Waals surface area contributed by atoms with Gasteiger partial charge in [-0.15, -0.1) is 0 Å². The van der Waals surface area contributed by atoms with Crippen LogP contribution in [0.25, 0.3) is 0 Å². The highest BCUT2D eigenvalue weighted by Crippen LogP contribution is 2.38. The maximum atomic E-state index is 12.3. The summed E-state index contributed by atoms with van der Waals surface area (Å²) in [7, 11) is -0.320. The van der Waals surface area contributed by atoms with Crippen molar-refractivity contribution in [1.82, 2.24) is 10.9 Å². The number of carbonyl (C=O) groups excluding carboxylic acids is 2. The summed E-state index contributed by atoms with van der Waals surface area (Å²) in [6.07, 6.45) is -0.955. The fraction of sp³-hybridized carbons (Fsp3) is 0.375. The van der Waals surface area contributed by atoms with E-state index < -0.39 is 32.5 Å². The van der Waals surface area contributed by atoms with E-state index in [9.17, 15) is 9.59 Å². The molecule has 0 radical (unpaired) electrons. The van der Waals surface area contributed by atoms with Gasteiger partial charge in [-0.25, -0.2) is 15.0 Å². The molecule has 8 nitrogen and oxygen atoms in total. The van der Waals surface area contributed by atoms with Crippen molar-refractivity contribution in [2.75, 3.05) is 14.2 Å². The normalized spacial score (nSPS) is 18.3. The second-order valence-corrected chi connectivity index (χ2v) is 13.1. The first kappa shape index (κ1) is 24.5.